The van der Waals surface area contributed by atoms with Crippen LogP contribution in [0.25, 0.3) is 0 Å². The molecule has 4 aliphatic rings. The standard InChI is InChI=1S/C33H45N5O2/c1-24-31(25(2)35-23-34-24)32(40)38-21-27-19-36(20-28(27)22-38)15-12-33(29-10-4-3-5-11-29)13-16-37(17-14-33)30(39)18-26-8-6-7-9-26/h3-5,10-11,23,26-28H,6-9,12-22H2,1-2H3. The van der Waals surface area contributed by atoms with Gasteiger partial charge in [0, 0.05) is 45.7 Å². The number of carbonyl (C=O) groups is 2. The van der Waals surface area contributed by atoms with Gasteiger partial charge in [0.25, 0.3) is 5.91 Å². The van der Waals surface area contributed by atoms with E-state index in [-0.39, 0.29) is 11.3 Å². The van der Waals surface area contributed by atoms with Crippen molar-refractivity contribution in [2.75, 3.05) is 45.8 Å². The van der Waals surface area contributed by atoms with Crippen LogP contribution < -0.4 is 0 Å². The molecule has 0 radical (unpaired) electrons. The van der Waals surface area contributed by atoms with Gasteiger partial charge in [0.05, 0.1) is 17.0 Å². The quantitative estimate of drug-likeness (QED) is 0.510. The first kappa shape index (κ1) is 27.4. The molecule has 2 aromatic rings. The van der Waals surface area contributed by atoms with Gasteiger partial charge in [-0.1, -0.05) is 43.2 Å². The van der Waals surface area contributed by atoms with E-state index in [0.717, 1.165) is 82.9 Å². The Bertz CT molecular complexity index is 1170. The summed E-state index contributed by atoms with van der Waals surface area (Å²) in [5.41, 5.74) is 3.79. The molecule has 4 fully saturated rings. The highest BCUT2D eigenvalue weighted by Gasteiger charge is 2.44. The number of aryl methyl sites for hydroxylation is 2. The zero-order valence-corrected chi connectivity index (χ0v) is 24.4. The van der Waals surface area contributed by atoms with Gasteiger partial charge >= 0.3 is 0 Å². The third-order valence-corrected chi connectivity index (χ3v) is 10.6. The number of fused-ring (bicyclic) bond motifs is 1. The highest BCUT2D eigenvalue weighted by atomic mass is 16.2. The van der Waals surface area contributed by atoms with E-state index in [1.807, 2.05) is 18.7 Å². The van der Waals surface area contributed by atoms with Crippen molar-refractivity contribution in [1.29, 1.82) is 0 Å². The fraction of sp³-hybridized carbons (Fsp3) is 0.636. The van der Waals surface area contributed by atoms with Crippen LogP contribution in [0.3, 0.4) is 0 Å². The highest BCUT2D eigenvalue weighted by molar-refractivity contribution is 5.96. The second-order valence-electron chi connectivity index (χ2n) is 13.0. The van der Waals surface area contributed by atoms with Gasteiger partial charge < -0.3 is 14.7 Å². The summed E-state index contributed by atoms with van der Waals surface area (Å²) < 4.78 is 0. The Balaban J connectivity index is 1.05. The van der Waals surface area contributed by atoms with Gasteiger partial charge in [-0.25, -0.2) is 9.97 Å². The van der Waals surface area contributed by atoms with Gasteiger partial charge in [-0.15, -0.1) is 0 Å². The number of hydrogen-bond donors (Lipinski definition) is 0. The van der Waals surface area contributed by atoms with Crippen LogP contribution in [-0.4, -0.2) is 82.3 Å². The van der Waals surface area contributed by atoms with Crippen LogP contribution in [0, 0.1) is 31.6 Å². The first-order valence-electron chi connectivity index (χ1n) is 15.5. The summed E-state index contributed by atoms with van der Waals surface area (Å²) in [4.78, 5) is 41.7. The van der Waals surface area contributed by atoms with Gasteiger partial charge in [0.1, 0.15) is 6.33 Å². The lowest BCUT2D eigenvalue weighted by Gasteiger charge is -2.43. The lowest BCUT2D eigenvalue weighted by molar-refractivity contribution is -0.133. The lowest BCUT2D eigenvalue weighted by atomic mass is 9.70. The molecule has 3 aliphatic heterocycles. The molecule has 0 bridgehead atoms. The summed E-state index contributed by atoms with van der Waals surface area (Å²) in [5.74, 6) is 2.17. The largest absolute Gasteiger partial charge is 0.343 e. The number of aromatic nitrogens is 2. The SMILES string of the molecule is Cc1ncnc(C)c1C(=O)N1CC2CN(CCC3(c4ccccc4)CCN(C(=O)CC4CCCC4)CC3)CC2C1. The van der Waals surface area contributed by atoms with Crippen LogP contribution in [0.4, 0.5) is 0 Å². The van der Waals surface area contributed by atoms with Gasteiger partial charge in [-0.2, -0.15) is 0 Å². The van der Waals surface area contributed by atoms with Crippen molar-refractivity contribution < 1.29 is 9.59 Å². The number of benzene rings is 1. The summed E-state index contributed by atoms with van der Waals surface area (Å²) in [6.45, 7) is 10.4. The average molecular weight is 544 g/mol. The van der Waals surface area contributed by atoms with E-state index in [0.29, 0.717) is 29.2 Å². The zero-order chi connectivity index (χ0) is 27.7. The molecule has 2 amide bonds. The molecular weight excluding hydrogens is 498 g/mol. The monoisotopic (exact) mass is 543 g/mol. The molecule has 214 valence electrons. The molecule has 4 heterocycles. The molecular formula is C33H45N5O2. The van der Waals surface area contributed by atoms with E-state index >= 15 is 0 Å². The van der Waals surface area contributed by atoms with Crippen LogP contribution in [0.2, 0.25) is 0 Å². The zero-order valence-electron chi connectivity index (χ0n) is 24.4. The number of carbonyl (C=O) groups excluding carboxylic acids is 2. The van der Waals surface area contributed by atoms with Crippen molar-refractivity contribution in [2.45, 2.75) is 70.6 Å². The van der Waals surface area contributed by atoms with Crippen LogP contribution in [0.1, 0.15) is 78.7 Å². The minimum atomic E-state index is 0.0915. The molecule has 7 heteroatoms. The van der Waals surface area contributed by atoms with Crippen molar-refractivity contribution >= 4 is 11.8 Å². The Morgan fingerprint density at radius 3 is 2.12 bits per heavy atom. The summed E-state index contributed by atoms with van der Waals surface area (Å²) in [5, 5.41) is 0. The van der Waals surface area contributed by atoms with E-state index in [1.165, 1.54) is 31.2 Å². The number of nitrogens with zero attached hydrogens (tertiary/aromatic N) is 5. The molecule has 1 aliphatic carbocycles. The van der Waals surface area contributed by atoms with E-state index in [1.54, 1.807) is 6.33 Å². The maximum absolute atomic E-state index is 13.3. The van der Waals surface area contributed by atoms with E-state index in [4.69, 9.17) is 0 Å². The number of amides is 2. The van der Waals surface area contributed by atoms with Crippen molar-refractivity contribution in [3.8, 4) is 0 Å². The minimum Gasteiger partial charge on any atom is -0.343 e. The average Bonchev–Trinajstić information content (AvgIpc) is 3.70. The van der Waals surface area contributed by atoms with Gasteiger partial charge in [-0.3, -0.25) is 9.59 Å². The third kappa shape index (κ3) is 5.54. The Hall–Kier alpha value is -2.80. The number of rotatable bonds is 7. The maximum Gasteiger partial charge on any atom is 0.257 e. The van der Waals surface area contributed by atoms with Crippen LogP contribution in [0.15, 0.2) is 36.7 Å². The fourth-order valence-electron chi connectivity index (χ4n) is 8.12. The van der Waals surface area contributed by atoms with E-state index in [9.17, 15) is 9.59 Å². The molecule has 3 saturated heterocycles. The molecule has 2 unspecified atom stereocenters. The summed E-state index contributed by atoms with van der Waals surface area (Å²) in [7, 11) is 0. The summed E-state index contributed by atoms with van der Waals surface area (Å²) in [6.07, 6.45) is 10.6. The molecule has 6 rings (SSSR count). The van der Waals surface area contributed by atoms with Crippen molar-refractivity contribution in [2.24, 2.45) is 17.8 Å². The van der Waals surface area contributed by atoms with Crippen molar-refractivity contribution in [3.63, 3.8) is 0 Å². The van der Waals surface area contributed by atoms with Crippen LogP contribution in [-0.2, 0) is 10.2 Å². The highest BCUT2D eigenvalue weighted by Crippen LogP contribution is 2.41. The van der Waals surface area contributed by atoms with Gasteiger partial charge in [-0.05, 0) is 81.2 Å². The maximum atomic E-state index is 13.3. The van der Waals surface area contributed by atoms with Crippen LogP contribution >= 0.6 is 0 Å². The normalized spacial score (nSPS) is 24.9. The third-order valence-electron chi connectivity index (χ3n) is 10.6. The first-order chi connectivity index (χ1) is 19.4. The Morgan fingerprint density at radius 1 is 0.875 bits per heavy atom. The second kappa shape index (κ2) is 11.6. The number of hydrogen-bond acceptors (Lipinski definition) is 5. The van der Waals surface area contributed by atoms with E-state index < -0.39 is 0 Å². The molecule has 2 atom stereocenters. The number of likely N-dealkylation sites (tertiary alicyclic amines) is 3. The predicted molar refractivity (Wildman–Crippen MR) is 156 cm³/mol. The van der Waals surface area contributed by atoms with Gasteiger partial charge in [0.15, 0.2) is 0 Å². The van der Waals surface area contributed by atoms with Gasteiger partial charge in [0.2, 0.25) is 5.91 Å². The van der Waals surface area contributed by atoms with Crippen LogP contribution in [0.5, 0.6) is 0 Å². The Morgan fingerprint density at radius 2 is 1.50 bits per heavy atom. The predicted octanol–water partition coefficient (Wildman–Crippen LogP) is 4.63. The minimum absolute atomic E-state index is 0.0915. The smallest absolute Gasteiger partial charge is 0.257 e. The second-order valence-corrected chi connectivity index (χ2v) is 13.0. The first-order valence-corrected chi connectivity index (χ1v) is 15.5. The molecule has 40 heavy (non-hydrogen) atoms. The fourth-order valence-corrected chi connectivity index (χ4v) is 8.12. The van der Waals surface area contributed by atoms with E-state index in [2.05, 4.69) is 50.1 Å². The Kier molecular flexibility index (Phi) is 7.93. The Labute approximate surface area is 239 Å². The molecule has 1 saturated carbocycles. The molecule has 1 aromatic heterocycles. The lowest BCUT2D eigenvalue weighted by Crippen LogP contribution is -2.46. The molecule has 7 nitrogen and oxygen atoms in total. The molecule has 0 spiro atoms. The molecule has 0 N–H and O–H groups in total. The summed E-state index contributed by atoms with van der Waals surface area (Å²) >= 11 is 0. The summed E-state index contributed by atoms with van der Waals surface area (Å²) in [6, 6.07) is 11.0. The molecule has 1 aromatic carbocycles. The topological polar surface area (TPSA) is 69.6 Å². The number of piperidine rings is 1. The van der Waals surface area contributed by atoms with Crippen molar-refractivity contribution in [3.05, 3.63) is 59.2 Å². The van der Waals surface area contributed by atoms with Crippen molar-refractivity contribution in [1.82, 2.24) is 24.7 Å².